The minimum absolute atomic E-state index is 0.0305. The van der Waals surface area contributed by atoms with Gasteiger partial charge in [0, 0.05) is 17.8 Å². The number of aryl methyl sites for hydroxylation is 2. The van der Waals surface area contributed by atoms with Crippen LogP contribution in [0.25, 0.3) is 16.8 Å². The number of alkyl halides is 3. The molecule has 1 aliphatic rings. The summed E-state index contributed by atoms with van der Waals surface area (Å²) in [5.74, 6) is 0.568. The first-order chi connectivity index (χ1) is 13.3. The van der Waals surface area contributed by atoms with Gasteiger partial charge in [-0.1, -0.05) is 49.1 Å². The lowest BCUT2D eigenvalue weighted by atomic mass is 9.95. The quantitative estimate of drug-likeness (QED) is 0.619. The number of aromatic nitrogens is 3. The molecular weight excluding hydrogens is 365 g/mol. The van der Waals surface area contributed by atoms with Crippen molar-refractivity contribution in [2.75, 3.05) is 5.32 Å². The van der Waals surface area contributed by atoms with Gasteiger partial charge in [-0.05, 0) is 32.3 Å². The Morgan fingerprint density at radius 3 is 2.36 bits per heavy atom. The smallest absolute Gasteiger partial charge is 0.367 e. The van der Waals surface area contributed by atoms with Crippen LogP contribution < -0.4 is 5.32 Å². The van der Waals surface area contributed by atoms with Crippen LogP contribution >= 0.6 is 0 Å². The number of benzene rings is 1. The van der Waals surface area contributed by atoms with Crippen molar-refractivity contribution in [3.63, 3.8) is 0 Å². The Kier molecular flexibility index (Phi) is 4.77. The van der Waals surface area contributed by atoms with Crippen molar-refractivity contribution in [3.05, 3.63) is 47.3 Å². The van der Waals surface area contributed by atoms with Gasteiger partial charge < -0.3 is 5.32 Å². The minimum atomic E-state index is -4.57. The molecule has 0 spiro atoms. The lowest BCUT2D eigenvalue weighted by molar-refractivity contribution is -0.140. The van der Waals surface area contributed by atoms with Crippen molar-refractivity contribution in [2.45, 2.75) is 58.2 Å². The van der Waals surface area contributed by atoms with Gasteiger partial charge in [0.05, 0.1) is 5.56 Å². The largest absolute Gasteiger partial charge is 0.435 e. The molecule has 0 aliphatic heterocycles. The van der Waals surface area contributed by atoms with Gasteiger partial charge >= 0.3 is 6.18 Å². The second kappa shape index (κ2) is 7.11. The third-order valence-corrected chi connectivity index (χ3v) is 5.28. The Bertz CT molecular complexity index is 984. The lowest BCUT2D eigenvalue weighted by Crippen LogP contribution is -2.24. The fourth-order valence-electron chi connectivity index (χ4n) is 3.88. The van der Waals surface area contributed by atoms with Gasteiger partial charge in [0.2, 0.25) is 0 Å². The topological polar surface area (TPSA) is 42.2 Å². The summed E-state index contributed by atoms with van der Waals surface area (Å²) in [6.45, 7) is 3.70. The Morgan fingerprint density at radius 2 is 1.71 bits per heavy atom. The highest BCUT2D eigenvalue weighted by molar-refractivity contribution is 5.81. The van der Waals surface area contributed by atoms with Gasteiger partial charge in [-0.15, -0.1) is 0 Å². The van der Waals surface area contributed by atoms with E-state index in [0.717, 1.165) is 31.2 Å². The molecule has 0 atom stereocenters. The van der Waals surface area contributed by atoms with E-state index in [-0.39, 0.29) is 17.3 Å². The summed E-state index contributed by atoms with van der Waals surface area (Å²) < 4.78 is 42.8. The molecule has 1 aliphatic carbocycles. The number of halogens is 3. The summed E-state index contributed by atoms with van der Waals surface area (Å²) in [6.07, 6.45) is 0.936. The Labute approximate surface area is 161 Å². The predicted molar refractivity (Wildman–Crippen MR) is 103 cm³/mol. The fraction of sp³-hybridized carbons (Fsp3) is 0.429. The number of nitrogens with zero attached hydrogens (tertiary/aromatic N) is 3. The van der Waals surface area contributed by atoms with Crippen LogP contribution in [-0.2, 0) is 6.18 Å². The number of hydrogen-bond donors (Lipinski definition) is 1. The molecule has 1 N–H and O–H groups in total. The molecule has 28 heavy (non-hydrogen) atoms. The van der Waals surface area contributed by atoms with Crippen LogP contribution in [-0.4, -0.2) is 20.6 Å². The lowest BCUT2D eigenvalue weighted by Gasteiger charge is -2.24. The zero-order valence-electron chi connectivity index (χ0n) is 16.0. The maximum atomic E-state index is 13.8. The average Bonchev–Trinajstić information content (AvgIpc) is 3.03. The fourth-order valence-corrected chi connectivity index (χ4v) is 3.88. The monoisotopic (exact) mass is 388 g/mol. The van der Waals surface area contributed by atoms with E-state index in [1.807, 2.05) is 6.92 Å². The van der Waals surface area contributed by atoms with E-state index in [4.69, 9.17) is 0 Å². The minimum Gasteiger partial charge on any atom is -0.367 e. The number of rotatable bonds is 3. The first kappa shape index (κ1) is 18.8. The summed E-state index contributed by atoms with van der Waals surface area (Å²) in [4.78, 5) is 4.42. The molecule has 2 aromatic heterocycles. The third-order valence-electron chi connectivity index (χ3n) is 5.28. The van der Waals surface area contributed by atoms with Gasteiger partial charge in [-0.3, -0.25) is 0 Å². The number of nitrogens with one attached hydrogen (secondary N) is 1. The maximum absolute atomic E-state index is 13.8. The molecule has 7 heteroatoms. The van der Waals surface area contributed by atoms with E-state index in [1.165, 1.54) is 10.9 Å². The van der Waals surface area contributed by atoms with E-state index in [1.54, 1.807) is 37.3 Å². The first-order valence-corrected chi connectivity index (χ1v) is 9.64. The van der Waals surface area contributed by atoms with E-state index < -0.39 is 11.9 Å². The Morgan fingerprint density at radius 1 is 1.04 bits per heavy atom. The molecule has 3 aromatic rings. The molecule has 0 saturated heterocycles. The molecule has 2 heterocycles. The highest BCUT2D eigenvalue weighted by atomic mass is 19.4. The molecule has 4 rings (SSSR count). The van der Waals surface area contributed by atoms with E-state index in [0.29, 0.717) is 17.1 Å². The average molecular weight is 388 g/mol. The second-order valence-corrected chi connectivity index (χ2v) is 7.58. The van der Waals surface area contributed by atoms with Crippen molar-refractivity contribution in [3.8, 4) is 11.1 Å². The normalized spacial score (nSPS) is 15.9. The predicted octanol–water partition coefficient (Wildman–Crippen LogP) is 5.78. The van der Waals surface area contributed by atoms with E-state index in [2.05, 4.69) is 15.4 Å². The summed E-state index contributed by atoms with van der Waals surface area (Å²) in [7, 11) is 0. The van der Waals surface area contributed by atoms with E-state index >= 15 is 0 Å². The van der Waals surface area contributed by atoms with Crippen molar-refractivity contribution in [1.29, 1.82) is 0 Å². The summed E-state index contributed by atoms with van der Waals surface area (Å²) >= 11 is 0. The maximum Gasteiger partial charge on any atom is 0.435 e. The molecule has 0 unspecified atom stereocenters. The van der Waals surface area contributed by atoms with Gasteiger partial charge in [-0.25, -0.2) is 4.98 Å². The number of fused-ring (bicyclic) bond motifs is 1. The molecule has 0 radical (unpaired) electrons. The molecule has 1 fully saturated rings. The SMILES string of the molecule is Cc1ccc(-c2c(C(F)(F)F)nn3c(NC4CCCCC4)cc(C)nc23)cc1. The van der Waals surface area contributed by atoms with Crippen molar-refractivity contribution in [1.82, 2.24) is 14.6 Å². The van der Waals surface area contributed by atoms with Gasteiger partial charge in [-0.2, -0.15) is 22.8 Å². The van der Waals surface area contributed by atoms with E-state index in [9.17, 15) is 13.2 Å². The molecular formula is C21H23F3N4. The Hall–Kier alpha value is -2.57. The van der Waals surface area contributed by atoms with Gasteiger partial charge in [0.1, 0.15) is 5.82 Å². The first-order valence-electron chi connectivity index (χ1n) is 9.64. The molecule has 0 bridgehead atoms. The highest BCUT2D eigenvalue weighted by Gasteiger charge is 2.39. The van der Waals surface area contributed by atoms with Crippen molar-refractivity contribution < 1.29 is 13.2 Å². The van der Waals surface area contributed by atoms with Gasteiger partial charge in [0.15, 0.2) is 11.3 Å². The van der Waals surface area contributed by atoms with Crippen LogP contribution in [0.1, 0.15) is 49.1 Å². The standard InChI is InChI=1S/C21H23F3N4/c1-13-8-10-15(11-9-13)18-19(21(22,23)24)27-28-17(12-14(2)25-20(18)28)26-16-6-4-3-5-7-16/h8-12,16,26H,3-7H2,1-2H3. The van der Waals surface area contributed by atoms with Crippen LogP contribution in [0.4, 0.5) is 19.0 Å². The molecule has 4 nitrogen and oxygen atoms in total. The summed E-state index contributed by atoms with van der Waals surface area (Å²) in [5.41, 5.74) is 1.47. The molecule has 148 valence electrons. The van der Waals surface area contributed by atoms with Crippen LogP contribution in [0.2, 0.25) is 0 Å². The zero-order valence-corrected chi connectivity index (χ0v) is 16.0. The third kappa shape index (κ3) is 3.57. The molecule has 1 saturated carbocycles. The van der Waals surface area contributed by atoms with Crippen LogP contribution in [0.15, 0.2) is 30.3 Å². The molecule has 1 aromatic carbocycles. The summed E-state index contributed by atoms with van der Waals surface area (Å²) in [5, 5.41) is 7.37. The van der Waals surface area contributed by atoms with Crippen LogP contribution in [0.3, 0.4) is 0 Å². The Balaban J connectivity index is 1.90. The van der Waals surface area contributed by atoms with Crippen molar-refractivity contribution in [2.24, 2.45) is 0 Å². The zero-order chi connectivity index (χ0) is 19.9. The van der Waals surface area contributed by atoms with Crippen molar-refractivity contribution >= 4 is 11.5 Å². The summed E-state index contributed by atoms with van der Waals surface area (Å²) in [6, 6.07) is 9.01. The van der Waals surface area contributed by atoms with Gasteiger partial charge in [0.25, 0.3) is 0 Å². The number of anilines is 1. The second-order valence-electron chi connectivity index (χ2n) is 7.58. The molecule has 0 amide bonds. The van der Waals surface area contributed by atoms with Crippen LogP contribution in [0.5, 0.6) is 0 Å². The number of hydrogen-bond acceptors (Lipinski definition) is 3. The van der Waals surface area contributed by atoms with Crippen LogP contribution in [0, 0.1) is 13.8 Å². The highest BCUT2D eigenvalue weighted by Crippen LogP contribution is 2.39.